The van der Waals surface area contributed by atoms with Crippen LogP contribution in [0.25, 0.3) is 0 Å². The van der Waals surface area contributed by atoms with Crippen molar-refractivity contribution in [3.63, 3.8) is 0 Å². The van der Waals surface area contributed by atoms with Crippen molar-refractivity contribution >= 4 is 11.6 Å². The van der Waals surface area contributed by atoms with Gasteiger partial charge in [-0.3, -0.25) is 5.10 Å². The molecule has 0 unspecified atom stereocenters. The van der Waals surface area contributed by atoms with Crippen molar-refractivity contribution in [1.82, 2.24) is 10.2 Å². The number of nitrogens with two attached hydrogens (primary N) is 1. The van der Waals surface area contributed by atoms with Crippen LogP contribution in [0.4, 0.5) is 0 Å². The number of nitriles is 1. The Balaban J connectivity index is 2.19. The number of aryl methyl sites for hydroxylation is 1. The van der Waals surface area contributed by atoms with E-state index in [1.165, 1.54) is 0 Å². The Labute approximate surface area is 162 Å². The first-order valence-corrected chi connectivity index (χ1v) is 8.71. The molecule has 140 valence electrons. The van der Waals surface area contributed by atoms with E-state index in [1.54, 1.807) is 18.2 Å². The average Bonchev–Trinajstić information content (AvgIpc) is 3.00. The molecule has 0 aliphatic carbocycles. The smallest absolute Gasteiger partial charge is 0.244 e. The van der Waals surface area contributed by atoms with Crippen molar-refractivity contribution in [3.05, 3.63) is 58.1 Å². The van der Waals surface area contributed by atoms with Gasteiger partial charge in [-0.05, 0) is 31.5 Å². The lowest BCUT2D eigenvalue weighted by molar-refractivity contribution is 0.296. The van der Waals surface area contributed by atoms with Gasteiger partial charge >= 0.3 is 0 Å². The van der Waals surface area contributed by atoms with Crippen molar-refractivity contribution < 1.29 is 14.2 Å². The Morgan fingerprint density at radius 2 is 2.26 bits per heavy atom. The van der Waals surface area contributed by atoms with Crippen LogP contribution < -0.4 is 19.9 Å². The first kappa shape index (κ1) is 18.7. The van der Waals surface area contributed by atoms with Gasteiger partial charge in [0.05, 0.1) is 17.5 Å². The predicted molar refractivity (Wildman–Crippen MR) is 101 cm³/mol. The molecule has 1 aliphatic heterocycles. The molecule has 0 amide bonds. The molecule has 1 atom stereocenters. The molecule has 0 radical (unpaired) electrons. The Morgan fingerprint density at radius 1 is 1.48 bits per heavy atom. The van der Waals surface area contributed by atoms with Gasteiger partial charge in [-0.2, -0.15) is 5.26 Å². The number of fused-ring (bicyclic) bond motifs is 1. The van der Waals surface area contributed by atoms with Crippen LogP contribution in [0.3, 0.4) is 0 Å². The first-order chi connectivity index (χ1) is 13.0. The first-order valence-electron chi connectivity index (χ1n) is 8.34. The zero-order valence-electron chi connectivity index (χ0n) is 15.0. The highest BCUT2D eigenvalue weighted by Gasteiger charge is 2.35. The molecule has 1 aromatic heterocycles. The van der Waals surface area contributed by atoms with Crippen LogP contribution >= 0.6 is 11.6 Å². The van der Waals surface area contributed by atoms with E-state index in [2.05, 4.69) is 22.8 Å². The fourth-order valence-corrected chi connectivity index (χ4v) is 3.31. The average molecular weight is 387 g/mol. The van der Waals surface area contributed by atoms with Crippen LogP contribution in [0.5, 0.6) is 17.4 Å². The molecular formula is C19H19ClN4O3. The maximum atomic E-state index is 9.66. The molecule has 0 fully saturated rings. The second-order valence-electron chi connectivity index (χ2n) is 5.85. The van der Waals surface area contributed by atoms with Gasteiger partial charge in [0.1, 0.15) is 18.2 Å². The minimum atomic E-state index is -0.484. The molecule has 0 saturated carbocycles. The number of aromatic amines is 1. The number of nitrogens with one attached hydrogen (secondary N) is 1. The lowest BCUT2D eigenvalue weighted by Crippen LogP contribution is -2.21. The van der Waals surface area contributed by atoms with Gasteiger partial charge in [-0.1, -0.05) is 24.3 Å². The molecule has 7 nitrogen and oxygen atoms in total. The van der Waals surface area contributed by atoms with E-state index in [-0.39, 0.29) is 18.1 Å². The van der Waals surface area contributed by atoms with Crippen LogP contribution in [-0.2, 0) is 0 Å². The summed E-state index contributed by atoms with van der Waals surface area (Å²) in [7, 11) is 0. The monoisotopic (exact) mass is 386 g/mol. The molecule has 1 aromatic carbocycles. The highest BCUT2D eigenvalue weighted by Crippen LogP contribution is 2.46. The number of ether oxygens (including phenoxy) is 3. The van der Waals surface area contributed by atoms with E-state index >= 15 is 0 Å². The van der Waals surface area contributed by atoms with E-state index < -0.39 is 5.92 Å². The van der Waals surface area contributed by atoms with Gasteiger partial charge in [0.15, 0.2) is 11.5 Å². The molecule has 2 heterocycles. The topological polar surface area (TPSA) is 106 Å². The van der Waals surface area contributed by atoms with E-state index in [1.807, 2.05) is 13.8 Å². The number of H-pyrrole nitrogens is 1. The number of nitrogens with zero attached hydrogens (tertiary/aromatic N) is 2. The number of halogens is 1. The molecule has 0 bridgehead atoms. The summed E-state index contributed by atoms with van der Waals surface area (Å²) in [5.74, 6) is 0.779. The summed E-state index contributed by atoms with van der Waals surface area (Å²) in [6.45, 7) is 8.07. The van der Waals surface area contributed by atoms with E-state index in [0.29, 0.717) is 29.0 Å². The summed E-state index contributed by atoms with van der Waals surface area (Å²) in [6.07, 6.45) is 1.62. The normalized spacial score (nSPS) is 15.6. The maximum Gasteiger partial charge on any atom is 0.244 e. The van der Waals surface area contributed by atoms with E-state index in [4.69, 9.17) is 31.5 Å². The van der Waals surface area contributed by atoms with Crippen LogP contribution in [0.15, 0.2) is 36.2 Å². The minimum Gasteiger partial charge on any atom is -0.490 e. The van der Waals surface area contributed by atoms with Gasteiger partial charge in [-0.25, -0.2) is 0 Å². The van der Waals surface area contributed by atoms with Gasteiger partial charge in [0.2, 0.25) is 11.8 Å². The largest absolute Gasteiger partial charge is 0.490 e. The van der Waals surface area contributed by atoms with Crippen molar-refractivity contribution in [2.45, 2.75) is 19.8 Å². The zero-order valence-corrected chi connectivity index (χ0v) is 15.8. The lowest BCUT2D eigenvalue weighted by Gasteiger charge is -2.25. The molecule has 2 aromatic rings. The van der Waals surface area contributed by atoms with Crippen LogP contribution in [-0.4, -0.2) is 23.4 Å². The highest BCUT2D eigenvalue weighted by atomic mass is 35.5. The van der Waals surface area contributed by atoms with Crippen LogP contribution in [0, 0.1) is 18.3 Å². The van der Waals surface area contributed by atoms with E-state index in [0.717, 1.165) is 16.8 Å². The summed E-state index contributed by atoms with van der Waals surface area (Å²) >= 11 is 6.47. The van der Waals surface area contributed by atoms with Gasteiger partial charge in [0.25, 0.3) is 0 Å². The SMILES string of the molecule is C=CCOc1c(Cl)cc([C@@H]2C(C#N)=C(N)Oc3n[nH]c(C)c32)cc1OCC. The van der Waals surface area contributed by atoms with Crippen LogP contribution in [0.1, 0.15) is 29.7 Å². The number of aromatic nitrogens is 2. The molecule has 8 heteroatoms. The van der Waals surface area contributed by atoms with Gasteiger partial charge in [0, 0.05) is 11.3 Å². The molecule has 3 rings (SSSR count). The van der Waals surface area contributed by atoms with E-state index in [9.17, 15) is 5.26 Å². The van der Waals surface area contributed by atoms with Crippen molar-refractivity contribution in [2.75, 3.05) is 13.2 Å². The summed E-state index contributed by atoms with van der Waals surface area (Å²) in [5.41, 5.74) is 8.47. The fraction of sp³-hybridized carbons (Fsp3) is 0.263. The van der Waals surface area contributed by atoms with Gasteiger partial charge in [-0.15, -0.1) is 5.10 Å². The third-order valence-electron chi connectivity index (χ3n) is 4.14. The lowest BCUT2D eigenvalue weighted by atomic mass is 9.84. The fourth-order valence-electron chi connectivity index (χ4n) is 3.03. The second-order valence-corrected chi connectivity index (χ2v) is 6.26. The second kappa shape index (κ2) is 7.64. The Hall–Kier alpha value is -3.11. The summed E-state index contributed by atoms with van der Waals surface area (Å²) in [5, 5.41) is 17.0. The summed E-state index contributed by atoms with van der Waals surface area (Å²) in [6, 6.07) is 5.67. The summed E-state index contributed by atoms with van der Waals surface area (Å²) < 4.78 is 16.8. The number of hydrogen-bond acceptors (Lipinski definition) is 6. The predicted octanol–water partition coefficient (Wildman–Crippen LogP) is 3.55. The molecule has 0 saturated heterocycles. The van der Waals surface area contributed by atoms with Gasteiger partial charge < -0.3 is 19.9 Å². The molecule has 3 N–H and O–H groups in total. The van der Waals surface area contributed by atoms with Crippen molar-refractivity contribution in [1.29, 1.82) is 5.26 Å². The van der Waals surface area contributed by atoms with Crippen molar-refractivity contribution in [2.24, 2.45) is 5.73 Å². The molecular weight excluding hydrogens is 368 g/mol. The third kappa shape index (κ3) is 3.32. The summed E-state index contributed by atoms with van der Waals surface area (Å²) in [4.78, 5) is 0. The minimum absolute atomic E-state index is 0.0163. The number of benzene rings is 1. The quantitative estimate of drug-likeness (QED) is 0.735. The molecule has 1 aliphatic rings. The Kier molecular flexibility index (Phi) is 5.28. The maximum absolute atomic E-state index is 9.66. The number of hydrogen-bond donors (Lipinski definition) is 2. The third-order valence-corrected chi connectivity index (χ3v) is 4.42. The molecule has 0 spiro atoms. The number of rotatable bonds is 6. The Bertz CT molecular complexity index is 959. The Morgan fingerprint density at radius 3 is 2.93 bits per heavy atom. The number of allylic oxidation sites excluding steroid dienone is 1. The van der Waals surface area contributed by atoms with Crippen LogP contribution in [0.2, 0.25) is 5.02 Å². The highest BCUT2D eigenvalue weighted by molar-refractivity contribution is 6.32. The zero-order chi connectivity index (χ0) is 19.6. The van der Waals surface area contributed by atoms with Crippen molar-refractivity contribution in [3.8, 4) is 23.4 Å². The molecule has 27 heavy (non-hydrogen) atoms. The standard InChI is InChI=1S/C19H19ClN4O3/c1-4-6-26-17-13(20)7-11(8-14(17)25-5-2)16-12(9-21)18(22)27-19-15(16)10(3)23-24-19/h4,7-8,16H,1,5-6,22H2,2-3H3,(H,23,24)/t16-/m1/s1.